The maximum atomic E-state index is 3.54. The lowest BCUT2D eigenvalue weighted by Crippen LogP contribution is -2.28. The van der Waals surface area contributed by atoms with E-state index in [1.807, 2.05) is 7.05 Å². The molecule has 2 nitrogen and oxygen atoms in total. The molecule has 0 atom stereocenters. The third kappa shape index (κ3) is 4.32. The average molecular weight is 299 g/mol. The molecule has 0 spiro atoms. The van der Waals surface area contributed by atoms with Gasteiger partial charge < -0.3 is 10.2 Å². The lowest BCUT2D eigenvalue weighted by atomic mass is 10.1. The van der Waals surface area contributed by atoms with Gasteiger partial charge in [0.1, 0.15) is 0 Å². The predicted octanol–water partition coefficient (Wildman–Crippen LogP) is 3.65. The third-order valence-corrected chi connectivity index (χ3v) is 3.21. The second-order valence-electron chi connectivity index (χ2n) is 4.74. The summed E-state index contributed by atoms with van der Waals surface area (Å²) in [5.74, 6) is 0.682. The van der Waals surface area contributed by atoms with Gasteiger partial charge >= 0.3 is 0 Å². The number of rotatable bonds is 6. The van der Waals surface area contributed by atoms with Crippen LogP contribution in [0, 0.1) is 5.92 Å². The van der Waals surface area contributed by atoms with Crippen LogP contribution in [0.4, 0.5) is 5.69 Å². The number of halogens is 1. The molecule has 0 aromatic heterocycles. The molecule has 0 radical (unpaired) electrons. The minimum absolute atomic E-state index is 0.682. The van der Waals surface area contributed by atoms with E-state index in [9.17, 15) is 0 Å². The fraction of sp³-hybridized carbons (Fsp3) is 0.571. The van der Waals surface area contributed by atoms with Gasteiger partial charge in [-0.1, -0.05) is 29.8 Å². The monoisotopic (exact) mass is 298 g/mol. The largest absolute Gasteiger partial charge is 0.371 e. The Morgan fingerprint density at radius 1 is 1.35 bits per heavy atom. The molecule has 0 aliphatic rings. The van der Waals surface area contributed by atoms with Crippen molar-refractivity contribution >= 4 is 21.6 Å². The van der Waals surface area contributed by atoms with Crippen molar-refractivity contribution in [1.29, 1.82) is 0 Å². The first-order valence-corrected chi connectivity index (χ1v) is 7.05. The van der Waals surface area contributed by atoms with Gasteiger partial charge in [0.25, 0.3) is 0 Å². The molecule has 1 N–H and O–H groups in total. The molecular weight excluding hydrogens is 276 g/mol. The highest BCUT2D eigenvalue weighted by Crippen LogP contribution is 2.25. The highest BCUT2D eigenvalue weighted by atomic mass is 79.9. The fourth-order valence-electron chi connectivity index (χ4n) is 2.03. The van der Waals surface area contributed by atoms with Gasteiger partial charge in [-0.3, -0.25) is 0 Å². The van der Waals surface area contributed by atoms with Crippen molar-refractivity contribution in [3.8, 4) is 0 Å². The molecule has 0 saturated carbocycles. The molecule has 1 aromatic rings. The molecule has 1 rings (SSSR count). The number of benzene rings is 1. The summed E-state index contributed by atoms with van der Waals surface area (Å²) in [4.78, 5) is 2.45. The Bertz CT molecular complexity index is 350. The van der Waals surface area contributed by atoms with E-state index in [4.69, 9.17) is 0 Å². The van der Waals surface area contributed by atoms with Crippen LogP contribution >= 0.6 is 15.9 Å². The van der Waals surface area contributed by atoms with E-state index in [1.165, 1.54) is 11.3 Å². The minimum atomic E-state index is 0.682. The number of nitrogens with one attached hydrogen (secondary N) is 1. The van der Waals surface area contributed by atoms with Crippen molar-refractivity contribution in [3.05, 3.63) is 28.2 Å². The zero-order valence-electron chi connectivity index (χ0n) is 11.3. The quantitative estimate of drug-likeness (QED) is 0.862. The van der Waals surface area contributed by atoms with Gasteiger partial charge in [-0.05, 0) is 43.7 Å². The first kappa shape index (κ1) is 14.5. The molecule has 1 aromatic carbocycles. The van der Waals surface area contributed by atoms with E-state index >= 15 is 0 Å². The molecule has 3 heteroatoms. The van der Waals surface area contributed by atoms with Gasteiger partial charge in [-0.15, -0.1) is 0 Å². The molecule has 0 bridgehead atoms. The summed E-state index contributed by atoms with van der Waals surface area (Å²) in [7, 11) is 1.99. The number of hydrogen-bond donors (Lipinski definition) is 1. The van der Waals surface area contributed by atoms with Crippen molar-refractivity contribution in [3.63, 3.8) is 0 Å². The summed E-state index contributed by atoms with van der Waals surface area (Å²) < 4.78 is 1.15. The zero-order valence-corrected chi connectivity index (χ0v) is 12.8. The number of nitrogens with zero attached hydrogens (tertiary/aromatic N) is 1. The summed E-state index contributed by atoms with van der Waals surface area (Å²) in [5, 5.41) is 3.24. The molecular formula is C14H23BrN2. The Balaban J connectivity index is 3.00. The van der Waals surface area contributed by atoms with Gasteiger partial charge in [0, 0.05) is 29.8 Å². The molecule has 0 heterocycles. The predicted molar refractivity (Wildman–Crippen MR) is 79.6 cm³/mol. The summed E-state index contributed by atoms with van der Waals surface area (Å²) in [6, 6.07) is 6.54. The van der Waals surface area contributed by atoms with Gasteiger partial charge in [-0.2, -0.15) is 0 Å². The standard InChI is InChI=1S/C14H23BrN2/c1-5-17(10-11(2)3)14-7-6-13(15)8-12(14)9-16-4/h6-8,11,16H,5,9-10H2,1-4H3. The van der Waals surface area contributed by atoms with Crippen LogP contribution in [0.2, 0.25) is 0 Å². The highest BCUT2D eigenvalue weighted by molar-refractivity contribution is 9.10. The van der Waals surface area contributed by atoms with Gasteiger partial charge in [0.2, 0.25) is 0 Å². The smallest absolute Gasteiger partial charge is 0.0412 e. The van der Waals surface area contributed by atoms with Crippen LogP contribution in [0.15, 0.2) is 22.7 Å². The van der Waals surface area contributed by atoms with E-state index in [0.29, 0.717) is 5.92 Å². The Kier molecular flexibility index (Phi) is 6.00. The first-order valence-electron chi connectivity index (χ1n) is 6.26. The molecule has 0 aliphatic heterocycles. The Morgan fingerprint density at radius 2 is 2.06 bits per heavy atom. The van der Waals surface area contributed by atoms with Crippen LogP contribution in [0.5, 0.6) is 0 Å². The fourth-order valence-corrected chi connectivity index (χ4v) is 2.44. The maximum absolute atomic E-state index is 3.54. The molecule has 96 valence electrons. The van der Waals surface area contributed by atoms with Crippen molar-refractivity contribution < 1.29 is 0 Å². The SMILES string of the molecule is CCN(CC(C)C)c1ccc(Br)cc1CNC. The number of anilines is 1. The first-order chi connectivity index (χ1) is 8.08. The Hall–Kier alpha value is -0.540. The summed E-state index contributed by atoms with van der Waals surface area (Å²) in [5.41, 5.74) is 2.70. The summed E-state index contributed by atoms with van der Waals surface area (Å²) >= 11 is 3.54. The van der Waals surface area contributed by atoms with Crippen LogP contribution in [0.3, 0.4) is 0 Å². The minimum Gasteiger partial charge on any atom is -0.371 e. The van der Waals surface area contributed by atoms with Gasteiger partial charge in [-0.25, -0.2) is 0 Å². The van der Waals surface area contributed by atoms with E-state index in [2.05, 4.69) is 65.1 Å². The van der Waals surface area contributed by atoms with E-state index in [1.54, 1.807) is 0 Å². The lowest BCUT2D eigenvalue weighted by molar-refractivity contribution is 0.616. The second kappa shape index (κ2) is 7.02. The molecule has 0 unspecified atom stereocenters. The van der Waals surface area contributed by atoms with Crippen LogP contribution < -0.4 is 10.2 Å². The van der Waals surface area contributed by atoms with Crippen molar-refractivity contribution in [1.82, 2.24) is 5.32 Å². The van der Waals surface area contributed by atoms with E-state index in [-0.39, 0.29) is 0 Å². The van der Waals surface area contributed by atoms with Crippen molar-refractivity contribution in [2.45, 2.75) is 27.3 Å². The molecule has 0 saturated heterocycles. The Morgan fingerprint density at radius 3 is 2.59 bits per heavy atom. The highest BCUT2D eigenvalue weighted by Gasteiger charge is 2.11. The summed E-state index contributed by atoms with van der Waals surface area (Å²) in [6.07, 6.45) is 0. The second-order valence-corrected chi connectivity index (χ2v) is 5.65. The van der Waals surface area contributed by atoms with Crippen LogP contribution in [-0.4, -0.2) is 20.1 Å². The van der Waals surface area contributed by atoms with Crippen LogP contribution in [-0.2, 0) is 6.54 Å². The van der Waals surface area contributed by atoms with Crippen molar-refractivity contribution in [2.75, 3.05) is 25.0 Å². The Labute approximate surface area is 114 Å². The molecule has 0 amide bonds. The number of hydrogen-bond acceptors (Lipinski definition) is 2. The summed E-state index contributed by atoms with van der Waals surface area (Å²) in [6.45, 7) is 9.81. The van der Waals surface area contributed by atoms with E-state index in [0.717, 1.165) is 24.1 Å². The zero-order chi connectivity index (χ0) is 12.8. The molecule has 0 fully saturated rings. The topological polar surface area (TPSA) is 15.3 Å². The van der Waals surface area contributed by atoms with Gasteiger partial charge in [0.05, 0.1) is 0 Å². The molecule has 0 aliphatic carbocycles. The molecule has 17 heavy (non-hydrogen) atoms. The van der Waals surface area contributed by atoms with Crippen LogP contribution in [0.1, 0.15) is 26.3 Å². The maximum Gasteiger partial charge on any atom is 0.0412 e. The third-order valence-electron chi connectivity index (χ3n) is 2.72. The van der Waals surface area contributed by atoms with Crippen LogP contribution in [0.25, 0.3) is 0 Å². The normalized spacial score (nSPS) is 10.9. The van der Waals surface area contributed by atoms with Crippen molar-refractivity contribution in [2.24, 2.45) is 5.92 Å². The lowest BCUT2D eigenvalue weighted by Gasteiger charge is -2.27. The van der Waals surface area contributed by atoms with E-state index < -0.39 is 0 Å². The average Bonchev–Trinajstić information content (AvgIpc) is 2.27. The van der Waals surface area contributed by atoms with Gasteiger partial charge in [0.15, 0.2) is 0 Å².